The highest BCUT2D eigenvalue weighted by molar-refractivity contribution is 5.43. The first-order valence-corrected chi connectivity index (χ1v) is 5.71. The van der Waals surface area contributed by atoms with Crippen LogP contribution < -0.4 is 9.47 Å². The van der Waals surface area contributed by atoms with Crippen LogP contribution in [0.2, 0.25) is 0 Å². The highest BCUT2D eigenvalue weighted by atomic mass is 16.5. The van der Waals surface area contributed by atoms with Crippen LogP contribution in [0.5, 0.6) is 17.2 Å². The molecular formula is C15H16O3. The molecule has 3 heteroatoms. The molecule has 0 aromatic heterocycles. The minimum absolute atomic E-state index is 0.249. The molecule has 2 rings (SSSR count). The van der Waals surface area contributed by atoms with Crippen molar-refractivity contribution in [2.45, 2.75) is 6.42 Å². The van der Waals surface area contributed by atoms with Gasteiger partial charge in [-0.05, 0) is 35.9 Å². The molecule has 2 aromatic carbocycles. The number of aromatic hydroxyl groups is 1. The monoisotopic (exact) mass is 244 g/mol. The van der Waals surface area contributed by atoms with E-state index in [1.54, 1.807) is 32.4 Å². The molecule has 0 atom stereocenters. The summed E-state index contributed by atoms with van der Waals surface area (Å²) in [5.74, 6) is 1.87. The number of phenols is 1. The predicted molar refractivity (Wildman–Crippen MR) is 70.5 cm³/mol. The smallest absolute Gasteiger partial charge is 0.122 e. The average molecular weight is 244 g/mol. The fourth-order valence-corrected chi connectivity index (χ4v) is 1.87. The van der Waals surface area contributed by atoms with Crippen molar-refractivity contribution in [2.75, 3.05) is 14.2 Å². The largest absolute Gasteiger partial charge is 0.508 e. The van der Waals surface area contributed by atoms with Crippen LogP contribution >= 0.6 is 0 Å². The number of methoxy groups -OCH3 is 2. The molecule has 94 valence electrons. The van der Waals surface area contributed by atoms with Crippen LogP contribution in [0.15, 0.2) is 42.5 Å². The van der Waals surface area contributed by atoms with Gasteiger partial charge in [0.1, 0.15) is 17.2 Å². The maximum atomic E-state index is 9.52. The number of hydrogen-bond acceptors (Lipinski definition) is 3. The summed E-state index contributed by atoms with van der Waals surface area (Å²) in [7, 11) is 3.27. The molecule has 0 aliphatic rings. The van der Waals surface area contributed by atoms with Crippen molar-refractivity contribution in [3.63, 3.8) is 0 Å². The number of hydrogen-bond donors (Lipinski definition) is 1. The predicted octanol–water partition coefficient (Wildman–Crippen LogP) is 3.00. The third kappa shape index (κ3) is 2.74. The molecule has 0 saturated heterocycles. The van der Waals surface area contributed by atoms with Gasteiger partial charge in [-0.3, -0.25) is 0 Å². The Morgan fingerprint density at radius 1 is 0.944 bits per heavy atom. The third-order valence-corrected chi connectivity index (χ3v) is 2.82. The molecule has 0 saturated carbocycles. The van der Waals surface area contributed by atoms with Crippen molar-refractivity contribution >= 4 is 0 Å². The molecule has 0 spiro atoms. The van der Waals surface area contributed by atoms with Crippen LogP contribution in [0, 0.1) is 0 Å². The van der Waals surface area contributed by atoms with Crippen LogP contribution in [0.1, 0.15) is 11.1 Å². The summed E-state index contributed by atoms with van der Waals surface area (Å²) in [5.41, 5.74) is 2.10. The van der Waals surface area contributed by atoms with E-state index in [2.05, 4.69) is 0 Å². The molecule has 0 aliphatic carbocycles. The fourth-order valence-electron chi connectivity index (χ4n) is 1.87. The zero-order chi connectivity index (χ0) is 13.0. The SMILES string of the molecule is COc1ccc(Cc2cc(O)ccc2OC)cc1. The second kappa shape index (κ2) is 5.45. The summed E-state index contributed by atoms with van der Waals surface area (Å²) in [4.78, 5) is 0. The second-order valence-electron chi connectivity index (χ2n) is 4.02. The molecule has 1 N–H and O–H groups in total. The van der Waals surface area contributed by atoms with Crippen molar-refractivity contribution in [1.29, 1.82) is 0 Å². The number of phenolic OH excluding ortho intramolecular Hbond substituents is 1. The Balaban J connectivity index is 2.24. The summed E-state index contributed by atoms with van der Waals surface area (Å²) in [6.45, 7) is 0. The number of benzene rings is 2. The molecule has 0 aliphatic heterocycles. The van der Waals surface area contributed by atoms with Gasteiger partial charge in [-0.2, -0.15) is 0 Å². The minimum atomic E-state index is 0.249. The van der Waals surface area contributed by atoms with Crippen LogP contribution in [0.3, 0.4) is 0 Å². The van der Waals surface area contributed by atoms with Gasteiger partial charge in [0.2, 0.25) is 0 Å². The molecule has 3 nitrogen and oxygen atoms in total. The molecule has 0 heterocycles. The summed E-state index contributed by atoms with van der Waals surface area (Å²) in [5, 5.41) is 9.52. The normalized spacial score (nSPS) is 10.1. The lowest BCUT2D eigenvalue weighted by molar-refractivity contribution is 0.407. The highest BCUT2D eigenvalue weighted by Gasteiger charge is 2.05. The Labute approximate surface area is 107 Å². The first-order valence-electron chi connectivity index (χ1n) is 5.71. The van der Waals surface area contributed by atoms with Gasteiger partial charge in [-0.15, -0.1) is 0 Å². The van der Waals surface area contributed by atoms with E-state index in [1.807, 2.05) is 24.3 Å². The van der Waals surface area contributed by atoms with Gasteiger partial charge < -0.3 is 14.6 Å². The van der Waals surface area contributed by atoms with Crippen molar-refractivity contribution in [1.82, 2.24) is 0 Å². The van der Waals surface area contributed by atoms with E-state index in [-0.39, 0.29) is 5.75 Å². The fraction of sp³-hybridized carbons (Fsp3) is 0.200. The molecule has 2 aromatic rings. The Bertz CT molecular complexity index is 518. The van der Waals surface area contributed by atoms with E-state index in [0.717, 1.165) is 22.6 Å². The number of ether oxygens (including phenoxy) is 2. The van der Waals surface area contributed by atoms with E-state index >= 15 is 0 Å². The summed E-state index contributed by atoms with van der Waals surface area (Å²) in [6, 6.07) is 13.0. The van der Waals surface area contributed by atoms with Gasteiger partial charge in [0.15, 0.2) is 0 Å². The van der Waals surface area contributed by atoms with Crippen molar-refractivity contribution < 1.29 is 14.6 Å². The van der Waals surface area contributed by atoms with Crippen molar-refractivity contribution in [3.05, 3.63) is 53.6 Å². The van der Waals surface area contributed by atoms with Gasteiger partial charge in [0, 0.05) is 12.0 Å². The van der Waals surface area contributed by atoms with Gasteiger partial charge in [-0.25, -0.2) is 0 Å². The van der Waals surface area contributed by atoms with Crippen LogP contribution in [-0.2, 0) is 6.42 Å². The summed E-state index contributed by atoms with van der Waals surface area (Å²) in [6.07, 6.45) is 0.710. The van der Waals surface area contributed by atoms with Crippen LogP contribution in [0.4, 0.5) is 0 Å². The van der Waals surface area contributed by atoms with E-state index < -0.39 is 0 Å². The lowest BCUT2D eigenvalue weighted by Gasteiger charge is -2.09. The molecule has 0 fully saturated rings. The van der Waals surface area contributed by atoms with Gasteiger partial charge >= 0.3 is 0 Å². The van der Waals surface area contributed by atoms with Crippen LogP contribution in [-0.4, -0.2) is 19.3 Å². The summed E-state index contributed by atoms with van der Waals surface area (Å²) < 4.78 is 10.4. The van der Waals surface area contributed by atoms with E-state index in [4.69, 9.17) is 9.47 Å². The Morgan fingerprint density at radius 3 is 2.28 bits per heavy atom. The van der Waals surface area contributed by atoms with E-state index in [9.17, 15) is 5.11 Å². The second-order valence-corrected chi connectivity index (χ2v) is 4.02. The first kappa shape index (κ1) is 12.3. The van der Waals surface area contributed by atoms with E-state index in [0.29, 0.717) is 6.42 Å². The van der Waals surface area contributed by atoms with Crippen molar-refractivity contribution in [3.8, 4) is 17.2 Å². The van der Waals surface area contributed by atoms with Gasteiger partial charge in [-0.1, -0.05) is 12.1 Å². The van der Waals surface area contributed by atoms with Gasteiger partial charge in [0.25, 0.3) is 0 Å². The zero-order valence-corrected chi connectivity index (χ0v) is 10.5. The maximum Gasteiger partial charge on any atom is 0.122 e. The Kier molecular flexibility index (Phi) is 3.72. The lowest BCUT2D eigenvalue weighted by atomic mass is 10.0. The average Bonchev–Trinajstić information content (AvgIpc) is 2.40. The molecule has 0 bridgehead atoms. The van der Waals surface area contributed by atoms with Gasteiger partial charge in [0.05, 0.1) is 14.2 Å². The number of rotatable bonds is 4. The van der Waals surface area contributed by atoms with Crippen molar-refractivity contribution in [2.24, 2.45) is 0 Å². The molecule has 0 amide bonds. The third-order valence-electron chi connectivity index (χ3n) is 2.82. The molecule has 0 radical (unpaired) electrons. The zero-order valence-electron chi connectivity index (χ0n) is 10.5. The molecule has 0 unspecified atom stereocenters. The lowest BCUT2D eigenvalue weighted by Crippen LogP contribution is -1.94. The molecular weight excluding hydrogens is 228 g/mol. The highest BCUT2D eigenvalue weighted by Crippen LogP contribution is 2.26. The molecule has 18 heavy (non-hydrogen) atoms. The minimum Gasteiger partial charge on any atom is -0.508 e. The quantitative estimate of drug-likeness (QED) is 0.898. The van der Waals surface area contributed by atoms with Crippen LogP contribution in [0.25, 0.3) is 0 Å². The Hall–Kier alpha value is -2.16. The topological polar surface area (TPSA) is 38.7 Å². The maximum absolute atomic E-state index is 9.52. The Morgan fingerprint density at radius 2 is 1.67 bits per heavy atom. The summed E-state index contributed by atoms with van der Waals surface area (Å²) >= 11 is 0. The van der Waals surface area contributed by atoms with E-state index in [1.165, 1.54) is 0 Å². The standard InChI is InChI=1S/C15H16O3/c1-17-14-6-3-11(4-7-14)9-12-10-13(16)5-8-15(12)18-2/h3-8,10,16H,9H2,1-2H3. The first-order chi connectivity index (χ1) is 8.72.